The predicted molar refractivity (Wildman–Crippen MR) is 335 cm³/mol. The third kappa shape index (κ3) is 42.9. The number of carbonyl (C=O) groups is 4. The maximum Gasteiger partial charge on any atom is 0.306 e. The molecule has 1 rings (SSSR count). The lowest BCUT2D eigenvalue weighted by Gasteiger charge is -2.43. The van der Waals surface area contributed by atoms with E-state index >= 15 is 0 Å². The predicted octanol–water partition coefficient (Wildman–Crippen LogP) is 10.7. The molecule has 1 fully saturated rings. The number of unbranched alkanes of at least 4 members (excludes halogenated alkanes) is 10. The van der Waals surface area contributed by atoms with E-state index in [2.05, 4.69) is 54.2 Å². The van der Waals surface area contributed by atoms with Crippen LogP contribution in [-0.2, 0) is 42.9 Å². The van der Waals surface area contributed by atoms with Crippen molar-refractivity contribution in [2.45, 2.75) is 284 Å². The van der Waals surface area contributed by atoms with Crippen LogP contribution in [0.1, 0.15) is 236 Å². The molecule has 0 radical (unpaired) electrons. The number of piperazine rings is 1. The summed E-state index contributed by atoms with van der Waals surface area (Å²) in [6, 6.07) is 0.149. The molecule has 0 aromatic rings. The molecule has 4 N–H and O–H groups in total. The van der Waals surface area contributed by atoms with E-state index < -0.39 is 30.1 Å². The first-order valence-electron chi connectivity index (χ1n) is 32.5. The molecule has 0 aliphatic carbocycles. The fourth-order valence-electron chi connectivity index (χ4n) is 10.2. The van der Waals surface area contributed by atoms with E-state index in [1.165, 1.54) is 0 Å². The second kappa shape index (κ2) is 50.2. The number of aliphatic hydroxyl groups excluding tert-OH is 4. The summed E-state index contributed by atoms with van der Waals surface area (Å²) in [5.41, 5.74) is -0.665. The van der Waals surface area contributed by atoms with E-state index in [9.17, 15) is 39.6 Å². The highest BCUT2D eigenvalue weighted by atomic mass is 33.1. The first-order chi connectivity index (χ1) is 39.3. The van der Waals surface area contributed by atoms with Crippen molar-refractivity contribution >= 4 is 45.5 Å². The highest BCUT2D eigenvalue weighted by Gasteiger charge is 2.35. The average Bonchev–Trinajstić information content (AvgIpc) is 3.44. The van der Waals surface area contributed by atoms with Crippen molar-refractivity contribution in [1.29, 1.82) is 0 Å². The Morgan fingerprint density at radius 1 is 0.476 bits per heavy atom. The molecule has 1 heterocycles. The molecule has 19 heteroatoms. The van der Waals surface area contributed by atoms with E-state index in [1.54, 1.807) is 0 Å². The van der Waals surface area contributed by atoms with Gasteiger partial charge >= 0.3 is 23.9 Å². The Morgan fingerprint density at radius 3 is 1.30 bits per heavy atom. The zero-order chi connectivity index (χ0) is 60.8. The van der Waals surface area contributed by atoms with Crippen molar-refractivity contribution in [2.75, 3.05) is 96.8 Å². The van der Waals surface area contributed by atoms with Crippen molar-refractivity contribution in [3.8, 4) is 0 Å². The Hall–Kier alpha value is -1.78. The normalized spacial score (nSPS) is 16.1. The quantitative estimate of drug-likeness (QED) is 0.0147. The highest BCUT2D eigenvalue weighted by molar-refractivity contribution is 8.76. The third-order valence-corrected chi connectivity index (χ3v) is 17.6. The summed E-state index contributed by atoms with van der Waals surface area (Å²) in [5, 5.41) is 45.0. The van der Waals surface area contributed by atoms with E-state index in [4.69, 9.17) is 23.7 Å². The Bertz CT molecular complexity index is 1500. The average molecular weight is 1210 g/mol. The zero-order valence-corrected chi connectivity index (χ0v) is 54.9. The standard InChI is InChI=1S/C63H122N4O13S2/c1-10-13-43-76-59(72)31-21-17-15-19-27-57(70)50-67(51-58(71)28-20-16-18-22-32-60(73)77-44-14-11-2)63(9,36-12-3)78-45-41-64-37-39-65(40-38-64)42-47-82-81-46-35-54(8)66(48-55(68)29-23-25-33-61(74)79-52(4)5)49-56(69)30-24-26-34-62(75)80-53(6)7/h52-58,68-71H,10-51H2,1-9H3. The molecule has 0 aromatic heterocycles. The number of aliphatic hydroxyl groups is 4. The van der Waals surface area contributed by atoms with Crippen molar-refractivity contribution in [1.82, 2.24) is 19.6 Å². The summed E-state index contributed by atoms with van der Waals surface area (Å²) in [7, 11) is 3.78. The van der Waals surface area contributed by atoms with Gasteiger partial charge in [-0.2, -0.15) is 0 Å². The molecule has 0 aromatic carbocycles. The van der Waals surface area contributed by atoms with Gasteiger partial charge < -0.3 is 44.1 Å². The van der Waals surface area contributed by atoms with E-state index in [1.807, 2.05) is 49.3 Å². The van der Waals surface area contributed by atoms with Crippen LogP contribution in [-0.4, -0.2) is 209 Å². The van der Waals surface area contributed by atoms with Crippen LogP contribution in [0.4, 0.5) is 0 Å². The second-order valence-electron chi connectivity index (χ2n) is 23.8. The molecule has 1 aliphatic rings. The first kappa shape index (κ1) is 78.2. The maximum absolute atomic E-state index is 12.0. The lowest BCUT2D eigenvalue weighted by atomic mass is 10.0. The Balaban J connectivity index is 2.70. The number of rotatable bonds is 55. The van der Waals surface area contributed by atoms with Crippen molar-refractivity contribution < 1.29 is 63.3 Å². The van der Waals surface area contributed by atoms with Crippen LogP contribution in [0.2, 0.25) is 0 Å². The smallest absolute Gasteiger partial charge is 0.306 e. The van der Waals surface area contributed by atoms with Gasteiger partial charge in [-0.3, -0.25) is 38.8 Å². The number of carbonyl (C=O) groups excluding carboxylic acids is 4. The summed E-state index contributed by atoms with van der Waals surface area (Å²) in [5.74, 6) is 1.30. The molecule has 6 unspecified atom stereocenters. The Morgan fingerprint density at radius 2 is 0.866 bits per heavy atom. The Kier molecular flexibility index (Phi) is 47.9. The lowest BCUT2D eigenvalue weighted by molar-refractivity contribution is -0.169. The number of nitrogens with zero attached hydrogens (tertiary/aromatic N) is 4. The van der Waals surface area contributed by atoms with Crippen molar-refractivity contribution in [2.24, 2.45) is 0 Å². The molecule has 1 aliphatic heterocycles. The molecule has 1 saturated heterocycles. The summed E-state index contributed by atoms with van der Waals surface area (Å²) < 4.78 is 27.9. The van der Waals surface area contributed by atoms with Gasteiger partial charge in [0.25, 0.3) is 0 Å². The summed E-state index contributed by atoms with van der Waals surface area (Å²) in [4.78, 5) is 57.5. The number of hydrogen-bond donors (Lipinski definition) is 4. The van der Waals surface area contributed by atoms with Crippen molar-refractivity contribution in [3.05, 3.63) is 0 Å². The molecule has 6 atom stereocenters. The zero-order valence-electron chi connectivity index (χ0n) is 53.3. The van der Waals surface area contributed by atoms with Crippen LogP contribution in [0.3, 0.4) is 0 Å². The topological polar surface area (TPSA) is 208 Å². The fraction of sp³-hybridized carbons (Fsp3) is 0.937. The van der Waals surface area contributed by atoms with Gasteiger partial charge in [0.2, 0.25) is 0 Å². The molecular weight excluding hydrogens is 1080 g/mol. The fourth-order valence-corrected chi connectivity index (χ4v) is 12.4. The van der Waals surface area contributed by atoms with E-state index in [0.29, 0.717) is 110 Å². The first-order valence-corrected chi connectivity index (χ1v) is 35.0. The minimum atomic E-state index is -0.665. The van der Waals surface area contributed by atoms with E-state index in [0.717, 1.165) is 160 Å². The number of esters is 4. The van der Waals surface area contributed by atoms with Crippen LogP contribution in [0.25, 0.3) is 0 Å². The number of hydrogen-bond acceptors (Lipinski definition) is 19. The summed E-state index contributed by atoms with van der Waals surface area (Å²) in [6.45, 7) is 26.9. The molecule has 17 nitrogen and oxygen atoms in total. The third-order valence-electron chi connectivity index (χ3n) is 15.2. The molecule has 0 amide bonds. The molecular formula is C63H122N4O13S2. The Labute approximate surface area is 506 Å². The monoisotopic (exact) mass is 1210 g/mol. The van der Waals surface area contributed by atoms with Crippen LogP contribution in [0.5, 0.6) is 0 Å². The largest absolute Gasteiger partial charge is 0.466 e. The second-order valence-corrected chi connectivity index (χ2v) is 26.5. The summed E-state index contributed by atoms with van der Waals surface area (Å²) >= 11 is 0. The minimum absolute atomic E-state index is 0.128. The van der Waals surface area contributed by atoms with Gasteiger partial charge in [-0.1, -0.05) is 113 Å². The van der Waals surface area contributed by atoms with Gasteiger partial charge in [0, 0.05) is 109 Å². The van der Waals surface area contributed by atoms with Crippen LogP contribution in [0, 0.1) is 0 Å². The van der Waals surface area contributed by atoms with E-state index in [-0.39, 0.29) is 42.1 Å². The lowest BCUT2D eigenvalue weighted by Crippen LogP contribution is -2.55. The van der Waals surface area contributed by atoms with Crippen molar-refractivity contribution in [3.63, 3.8) is 0 Å². The van der Waals surface area contributed by atoms with Crippen LogP contribution >= 0.6 is 21.6 Å². The maximum atomic E-state index is 12.0. The van der Waals surface area contributed by atoms with Gasteiger partial charge in [0.05, 0.1) is 56.4 Å². The highest BCUT2D eigenvalue weighted by Crippen LogP contribution is 2.27. The van der Waals surface area contributed by atoms with Gasteiger partial charge in [-0.05, 0) is 119 Å². The molecule has 484 valence electrons. The van der Waals surface area contributed by atoms with Crippen LogP contribution < -0.4 is 0 Å². The number of ether oxygens (including phenoxy) is 5. The minimum Gasteiger partial charge on any atom is -0.466 e. The molecule has 0 saturated carbocycles. The van der Waals surface area contributed by atoms with Gasteiger partial charge in [-0.15, -0.1) is 0 Å². The van der Waals surface area contributed by atoms with Crippen LogP contribution in [0.15, 0.2) is 0 Å². The SMILES string of the molecule is CCCCOC(=O)CCCCCCC(O)CN(CC(O)CCCCCCC(=O)OCCCC)C(C)(CCC)OCCN1CCN(CCSSCCC(C)N(CC(O)CCCCC(=O)OC(C)C)CC(O)CCCCC(=O)OC(C)C)CC1. The summed E-state index contributed by atoms with van der Waals surface area (Å²) in [6.07, 6.45) is 17.5. The molecule has 0 spiro atoms. The molecule has 82 heavy (non-hydrogen) atoms. The van der Waals surface area contributed by atoms with Gasteiger partial charge in [0.15, 0.2) is 0 Å². The molecule has 0 bridgehead atoms. The van der Waals surface area contributed by atoms with Gasteiger partial charge in [0.1, 0.15) is 5.72 Å². The van der Waals surface area contributed by atoms with Gasteiger partial charge in [-0.25, -0.2) is 0 Å².